The van der Waals surface area contributed by atoms with Crippen LogP contribution in [-0.2, 0) is 0 Å². The largest absolute Gasteiger partial charge is 0.389 e. The molecule has 2 heteroatoms. The maximum absolute atomic E-state index is 8.54. The van der Waals surface area contributed by atoms with Crippen molar-refractivity contribution in [1.82, 2.24) is 0 Å². The molecule has 0 aromatic rings. The average molecular weight is 101 g/mol. The molecular weight excluding hydrogens is 90.1 g/mol. The summed E-state index contributed by atoms with van der Waals surface area (Å²) < 4.78 is 0. The van der Waals surface area contributed by atoms with E-state index in [0.717, 1.165) is 0 Å². The molecular formula is C5H11NO. The molecule has 0 aromatic carbocycles. The summed E-state index contributed by atoms with van der Waals surface area (Å²) in [4.78, 5) is 0. The third-order valence-electron chi connectivity index (χ3n) is 0.551. The number of nitrogens with two attached hydrogens (primary N) is 1. The third-order valence-corrected chi connectivity index (χ3v) is 0.551. The predicted octanol–water partition coefficient (Wildman–Crippen LogP) is -0.118. The van der Waals surface area contributed by atoms with Crippen LogP contribution in [0.1, 0.15) is 6.92 Å². The minimum atomic E-state index is -0.358. The molecule has 0 aliphatic heterocycles. The van der Waals surface area contributed by atoms with Crippen molar-refractivity contribution in [3.8, 4) is 0 Å². The summed E-state index contributed by atoms with van der Waals surface area (Å²) in [6.45, 7) is 2.19. The van der Waals surface area contributed by atoms with Crippen molar-refractivity contribution in [2.75, 3.05) is 6.54 Å². The topological polar surface area (TPSA) is 46.2 Å². The standard InChI is InChI=1S/C5H11NO/c1-5(7)3-2-4-6/h2-3,5,7H,4,6H2,1H3/b3-2-. The summed E-state index contributed by atoms with van der Waals surface area (Å²) in [5, 5.41) is 8.54. The number of aliphatic hydroxyl groups is 1. The molecule has 0 saturated carbocycles. The Balaban J connectivity index is 3.08. The molecule has 0 heterocycles. The fraction of sp³-hybridized carbons (Fsp3) is 0.600. The van der Waals surface area contributed by atoms with Gasteiger partial charge in [0.2, 0.25) is 0 Å². The fourth-order valence-corrected chi connectivity index (χ4v) is 0.276. The maximum atomic E-state index is 8.54. The molecule has 0 aromatic heterocycles. The summed E-state index contributed by atoms with van der Waals surface area (Å²) in [6, 6.07) is 0. The Bertz CT molecular complexity index is 59.1. The Hall–Kier alpha value is -0.340. The minimum absolute atomic E-state index is 0.358. The second kappa shape index (κ2) is 3.84. The molecule has 1 unspecified atom stereocenters. The first kappa shape index (κ1) is 6.66. The minimum Gasteiger partial charge on any atom is -0.389 e. The van der Waals surface area contributed by atoms with Crippen molar-refractivity contribution < 1.29 is 5.11 Å². The highest BCUT2D eigenvalue weighted by molar-refractivity contribution is 4.86. The zero-order valence-corrected chi connectivity index (χ0v) is 4.46. The Morgan fingerprint density at radius 1 is 1.86 bits per heavy atom. The number of hydrogen-bond acceptors (Lipinski definition) is 2. The van der Waals surface area contributed by atoms with E-state index < -0.39 is 0 Å². The summed E-state index contributed by atoms with van der Waals surface area (Å²) in [5.74, 6) is 0. The Morgan fingerprint density at radius 2 is 2.43 bits per heavy atom. The molecule has 0 aliphatic carbocycles. The highest BCUT2D eigenvalue weighted by atomic mass is 16.3. The van der Waals surface area contributed by atoms with Gasteiger partial charge in [-0.2, -0.15) is 0 Å². The lowest BCUT2D eigenvalue weighted by atomic mass is 10.3. The summed E-state index contributed by atoms with van der Waals surface area (Å²) >= 11 is 0. The smallest absolute Gasteiger partial charge is 0.0693 e. The normalized spacial score (nSPS) is 15.3. The van der Waals surface area contributed by atoms with Gasteiger partial charge in [0.1, 0.15) is 0 Å². The molecule has 0 radical (unpaired) electrons. The van der Waals surface area contributed by atoms with Crippen molar-refractivity contribution in [3.05, 3.63) is 12.2 Å². The van der Waals surface area contributed by atoms with E-state index in [0.29, 0.717) is 6.54 Å². The van der Waals surface area contributed by atoms with E-state index in [-0.39, 0.29) is 6.10 Å². The zero-order chi connectivity index (χ0) is 5.70. The predicted molar refractivity (Wildman–Crippen MR) is 29.9 cm³/mol. The highest BCUT2D eigenvalue weighted by Crippen LogP contribution is 1.78. The lowest BCUT2D eigenvalue weighted by Gasteiger charge is -1.89. The first-order valence-corrected chi connectivity index (χ1v) is 2.32. The summed E-state index contributed by atoms with van der Waals surface area (Å²) in [6.07, 6.45) is 3.02. The highest BCUT2D eigenvalue weighted by Gasteiger charge is 1.79. The fourth-order valence-electron chi connectivity index (χ4n) is 0.276. The third kappa shape index (κ3) is 5.66. The van der Waals surface area contributed by atoms with Gasteiger partial charge in [0.15, 0.2) is 0 Å². The number of rotatable bonds is 2. The quantitative estimate of drug-likeness (QED) is 0.476. The van der Waals surface area contributed by atoms with Crippen LogP contribution in [-0.4, -0.2) is 17.8 Å². The van der Waals surface area contributed by atoms with Crippen molar-refractivity contribution in [2.45, 2.75) is 13.0 Å². The molecule has 0 saturated heterocycles. The second-order valence-corrected chi connectivity index (χ2v) is 1.40. The second-order valence-electron chi connectivity index (χ2n) is 1.40. The van der Waals surface area contributed by atoms with Gasteiger partial charge >= 0.3 is 0 Å². The van der Waals surface area contributed by atoms with Crippen molar-refractivity contribution in [1.29, 1.82) is 0 Å². The SMILES string of the molecule is CC(O)/C=C\CN. The van der Waals surface area contributed by atoms with E-state index in [2.05, 4.69) is 0 Å². The molecule has 0 amide bonds. The van der Waals surface area contributed by atoms with E-state index in [9.17, 15) is 0 Å². The number of aliphatic hydroxyl groups excluding tert-OH is 1. The molecule has 42 valence electrons. The maximum Gasteiger partial charge on any atom is 0.0693 e. The summed E-state index contributed by atoms with van der Waals surface area (Å²) in [5.41, 5.74) is 5.08. The monoisotopic (exact) mass is 101 g/mol. The summed E-state index contributed by atoms with van der Waals surface area (Å²) in [7, 11) is 0. The van der Waals surface area contributed by atoms with Crippen LogP contribution in [0.15, 0.2) is 12.2 Å². The van der Waals surface area contributed by atoms with Gasteiger partial charge in [-0.3, -0.25) is 0 Å². The van der Waals surface area contributed by atoms with Crippen LogP contribution in [0.4, 0.5) is 0 Å². The van der Waals surface area contributed by atoms with Gasteiger partial charge in [-0.1, -0.05) is 12.2 Å². The van der Waals surface area contributed by atoms with Crippen LogP contribution in [0.3, 0.4) is 0 Å². The molecule has 0 aliphatic rings. The van der Waals surface area contributed by atoms with Crippen LogP contribution in [0.2, 0.25) is 0 Å². The van der Waals surface area contributed by atoms with Crippen molar-refractivity contribution >= 4 is 0 Å². The number of hydrogen-bond donors (Lipinski definition) is 2. The Morgan fingerprint density at radius 3 is 2.57 bits per heavy atom. The van der Waals surface area contributed by atoms with Crippen molar-refractivity contribution in [3.63, 3.8) is 0 Å². The lowest BCUT2D eigenvalue weighted by Crippen LogP contribution is -1.97. The van der Waals surface area contributed by atoms with Gasteiger partial charge in [-0.05, 0) is 6.92 Å². The molecule has 0 fully saturated rings. The van der Waals surface area contributed by atoms with Gasteiger partial charge in [0.05, 0.1) is 6.10 Å². The van der Waals surface area contributed by atoms with Crippen LogP contribution in [0.25, 0.3) is 0 Å². The van der Waals surface area contributed by atoms with E-state index in [1.54, 1.807) is 19.1 Å². The molecule has 1 atom stereocenters. The van der Waals surface area contributed by atoms with Gasteiger partial charge in [-0.25, -0.2) is 0 Å². The lowest BCUT2D eigenvalue weighted by molar-refractivity contribution is 0.244. The van der Waals surface area contributed by atoms with Crippen LogP contribution < -0.4 is 5.73 Å². The molecule has 7 heavy (non-hydrogen) atoms. The van der Waals surface area contributed by atoms with Crippen LogP contribution in [0, 0.1) is 0 Å². The van der Waals surface area contributed by atoms with Gasteiger partial charge < -0.3 is 10.8 Å². The van der Waals surface area contributed by atoms with E-state index >= 15 is 0 Å². The van der Waals surface area contributed by atoms with Crippen molar-refractivity contribution in [2.24, 2.45) is 5.73 Å². The molecule has 0 rings (SSSR count). The van der Waals surface area contributed by atoms with E-state index in [4.69, 9.17) is 10.8 Å². The molecule has 3 N–H and O–H groups in total. The van der Waals surface area contributed by atoms with E-state index in [1.165, 1.54) is 0 Å². The Labute approximate surface area is 43.6 Å². The molecule has 0 spiro atoms. The van der Waals surface area contributed by atoms with Gasteiger partial charge in [0, 0.05) is 6.54 Å². The van der Waals surface area contributed by atoms with Crippen LogP contribution in [0.5, 0.6) is 0 Å². The van der Waals surface area contributed by atoms with Crippen LogP contribution >= 0.6 is 0 Å². The Kier molecular flexibility index (Phi) is 3.65. The zero-order valence-electron chi connectivity index (χ0n) is 4.46. The first-order chi connectivity index (χ1) is 3.27. The first-order valence-electron chi connectivity index (χ1n) is 2.32. The van der Waals surface area contributed by atoms with Gasteiger partial charge in [-0.15, -0.1) is 0 Å². The molecule has 2 nitrogen and oxygen atoms in total. The average Bonchev–Trinajstić information content (AvgIpc) is 1.61. The molecule has 0 bridgehead atoms. The van der Waals surface area contributed by atoms with E-state index in [1.807, 2.05) is 0 Å². The van der Waals surface area contributed by atoms with Gasteiger partial charge in [0.25, 0.3) is 0 Å².